The fourth-order valence-electron chi connectivity index (χ4n) is 2.87. The molecule has 1 aliphatic rings. The van der Waals surface area contributed by atoms with Crippen LogP contribution in [-0.2, 0) is 4.74 Å². The van der Waals surface area contributed by atoms with Crippen LogP contribution in [-0.4, -0.2) is 67.1 Å². The third kappa shape index (κ3) is 3.71. The predicted octanol–water partition coefficient (Wildman–Crippen LogP) is 2.10. The highest BCUT2D eigenvalue weighted by Crippen LogP contribution is 2.19. The summed E-state index contributed by atoms with van der Waals surface area (Å²) >= 11 is 0. The quantitative estimate of drug-likeness (QED) is 0.939. The number of hydrogen-bond acceptors (Lipinski definition) is 3. The van der Waals surface area contributed by atoms with Crippen molar-refractivity contribution in [1.29, 1.82) is 0 Å². The van der Waals surface area contributed by atoms with Gasteiger partial charge in [0.2, 0.25) is 0 Å². The van der Waals surface area contributed by atoms with E-state index in [-0.39, 0.29) is 17.8 Å². The molecule has 1 aromatic heterocycles. The highest BCUT2D eigenvalue weighted by Gasteiger charge is 2.25. The SMILES string of the molecule is CN(C)CCC1CN(C(=O)c2cc3cc(F)ccc3[nH]2)CCO1. The van der Waals surface area contributed by atoms with Crippen LogP contribution in [0.5, 0.6) is 0 Å². The number of aromatic nitrogens is 1. The zero-order valence-corrected chi connectivity index (χ0v) is 13.5. The fourth-order valence-corrected chi connectivity index (χ4v) is 2.87. The number of aromatic amines is 1. The minimum Gasteiger partial charge on any atom is -0.374 e. The number of benzene rings is 1. The Morgan fingerprint density at radius 2 is 2.26 bits per heavy atom. The Hall–Kier alpha value is -1.92. The van der Waals surface area contributed by atoms with E-state index in [4.69, 9.17) is 4.74 Å². The van der Waals surface area contributed by atoms with Gasteiger partial charge in [-0.25, -0.2) is 4.39 Å². The maximum Gasteiger partial charge on any atom is 0.270 e. The van der Waals surface area contributed by atoms with Crippen molar-refractivity contribution >= 4 is 16.8 Å². The molecule has 0 spiro atoms. The number of ether oxygens (including phenoxy) is 1. The number of carbonyl (C=O) groups excluding carboxylic acids is 1. The van der Waals surface area contributed by atoms with Gasteiger partial charge in [0.25, 0.3) is 5.91 Å². The van der Waals surface area contributed by atoms with E-state index in [0.717, 1.165) is 18.5 Å². The molecule has 2 aromatic rings. The summed E-state index contributed by atoms with van der Waals surface area (Å²) in [4.78, 5) is 19.7. The summed E-state index contributed by atoms with van der Waals surface area (Å²) in [6, 6.07) is 6.19. The van der Waals surface area contributed by atoms with E-state index in [1.54, 1.807) is 12.1 Å². The van der Waals surface area contributed by atoms with Gasteiger partial charge in [-0.05, 0) is 44.8 Å². The number of fused-ring (bicyclic) bond motifs is 1. The molecule has 0 radical (unpaired) electrons. The minimum atomic E-state index is -0.300. The lowest BCUT2D eigenvalue weighted by Gasteiger charge is -2.33. The van der Waals surface area contributed by atoms with Gasteiger partial charge in [-0.1, -0.05) is 0 Å². The Labute approximate surface area is 135 Å². The van der Waals surface area contributed by atoms with Gasteiger partial charge in [-0.2, -0.15) is 0 Å². The Kier molecular flexibility index (Phi) is 4.63. The molecule has 1 fully saturated rings. The van der Waals surface area contributed by atoms with E-state index < -0.39 is 0 Å². The van der Waals surface area contributed by atoms with E-state index >= 15 is 0 Å². The Bertz CT molecular complexity index is 698. The van der Waals surface area contributed by atoms with Crippen LogP contribution in [0, 0.1) is 5.82 Å². The number of H-pyrrole nitrogens is 1. The molecule has 23 heavy (non-hydrogen) atoms. The normalized spacial score (nSPS) is 18.8. The number of nitrogens with one attached hydrogen (secondary N) is 1. The zero-order chi connectivity index (χ0) is 16.4. The molecule has 3 rings (SSSR count). The van der Waals surface area contributed by atoms with Crippen LogP contribution in [0.2, 0.25) is 0 Å². The first-order valence-electron chi connectivity index (χ1n) is 7.87. The molecule has 0 saturated carbocycles. The molecule has 1 atom stereocenters. The number of amides is 1. The van der Waals surface area contributed by atoms with E-state index in [1.807, 2.05) is 19.0 Å². The first-order valence-corrected chi connectivity index (χ1v) is 7.87. The molecule has 124 valence electrons. The van der Waals surface area contributed by atoms with Gasteiger partial charge in [0, 0.05) is 30.5 Å². The zero-order valence-electron chi connectivity index (χ0n) is 13.5. The molecule has 1 aliphatic heterocycles. The smallest absolute Gasteiger partial charge is 0.270 e. The topological polar surface area (TPSA) is 48.6 Å². The van der Waals surface area contributed by atoms with Crippen molar-refractivity contribution in [3.8, 4) is 0 Å². The standard InChI is InChI=1S/C17H22FN3O2/c1-20(2)6-5-14-11-21(7-8-23-14)17(22)16-10-12-9-13(18)3-4-15(12)19-16/h3-4,9-10,14,19H,5-8,11H2,1-2H3. The summed E-state index contributed by atoms with van der Waals surface area (Å²) in [6.07, 6.45) is 0.964. The van der Waals surface area contributed by atoms with Crippen LogP contribution in [0.15, 0.2) is 24.3 Å². The monoisotopic (exact) mass is 319 g/mol. The molecule has 0 aliphatic carbocycles. The van der Waals surface area contributed by atoms with Gasteiger partial charge in [-0.3, -0.25) is 4.79 Å². The molecular formula is C17H22FN3O2. The molecular weight excluding hydrogens is 297 g/mol. The minimum absolute atomic E-state index is 0.0558. The second-order valence-electron chi connectivity index (χ2n) is 6.25. The molecule has 1 aromatic carbocycles. The second-order valence-corrected chi connectivity index (χ2v) is 6.25. The number of halogens is 1. The van der Waals surface area contributed by atoms with Crippen LogP contribution >= 0.6 is 0 Å². The van der Waals surface area contributed by atoms with Gasteiger partial charge in [-0.15, -0.1) is 0 Å². The summed E-state index contributed by atoms with van der Waals surface area (Å²) < 4.78 is 19.0. The van der Waals surface area contributed by atoms with Crippen LogP contribution in [0.4, 0.5) is 4.39 Å². The summed E-state index contributed by atoms with van der Waals surface area (Å²) in [5.41, 5.74) is 1.27. The second kappa shape index (κ2) is 6.68. The van der Waals surface area contributed by atoms with E-state index in [2.05, 4.69) is 9.88 Å². The van der Waals surface area contributed by atoms with Crippen molar-refractivity contribution in [1.82, 2.24) is 14.8 Å². The molecule has 6 heteroatoms. The van der Waals surface area contributed by atoms with Gasteiger partial charge in [0.1, 0.15) is 11.5 Å². The van der Waals surface area contributed by atoms with Crippen molar-refractivity contribution in [3.63, 3.8) is 0 Å². The number of carbonyl (C=O) groups is 1. The van der Waals surface area contributed by atoms with Crippen molar-refractivity contribution in [2.75, 3.05) is 40.3 Å². The van der Waals surface area contributed by atoms with Crippen LogP contribution in [0.1, 0.15) is 16.9 Å². The maximum absolute atomic E-state index is 13.3. The molecule has 1 saturated heterocycles. The largest absolute Gasteiger partial charge is 0.374 e. The number of rotatable bonds is 4. The summed E-state index contributed by atoms with van der Waals surface area (Å²) in [5.74, 6) is -0.356. The third-order valence-electron chi connectivity index (χ3n) is 4.14. The number of hydrogen-bond donors (Lipinski definition) is 1. The average Bonchev–Trinajstić information content (AvgIpc) is 2.95. The predicted molar refractivity (Wildman–Crippen MR) is 87.1 cm³/mol. The summed E-state index contributed by atoms with van der Waals surface area (Å²) in [5, 5.41) is 0.714. The lowest BCUT2D eigenvalue weighted by molar-refractivity contribution is -0.0271. The van der Waals surface area contributed by atoms with Crippen LogP contribution in [0.3, 0.4) is 0 Å². The number of morpholine rings is 1. The lowest BCUT2D eigenvalue weighted by Crippen LogP contribution is -2.46. The third-order valence-corrected chi connectivity index (χ3v) is 4.14. The van der Waals surface area contributed by atoms with Gasteiger partial charge < -0.3 is 19.5 Å². The molecule has 1 amide bonds. The molecule has 1 unspecified atom stereocenters. The lowest BCUT2D eigenvalue weighted by atomic mass is 10.2. The van der Waals surface area contributed by atoms with Crippen molar-refractivity contribution in [3.05, 3.63) is 35.8 Å². The van der Waals surface area contributed by atoms with E-state index in [0.29, 0.717) is 30.8 Å². The summed E-state index contributed by atoms with van der Waals surface area (Å²) in [7, 11) is 4.05. The van der Waals surface area contributed by atoms with E-state index in [9.17, 15) is 9.18 Å². The molecule has 1 N–H and O–H groups in total. The van der Waals surface area contributed by atoms with Gasteiger partial charge >= 0.3 is 0 Å². The molecule has 2 heterocycles. The Morgan fingerprint density at radius 3 is 3.04 bits per heavy atom. The maximum atomic E-state index is 13.3. The first kappa shape index (κ1) is 16.0. The van der Waals surface area contributed by atoms with Crippen molar-refractivity contribution in [2.45, 2.75) is 12.5 Å². The van der Waals surface area contributed by atoms with Crippen molar-refractivity contribution < 1.29 is 13.9 Å². The van der Waals surface area contributed by atoms with Crippen LogP contribution in [0.25, 0.3) is 10.9 Å². The first-order chi connectivity index (χ1) is 11.0. The highest BCUT2D eigenvalue weighted by molar-refractivity contribution is 5.98. The van der Waals surface area contributed by atoms with Gasteiger partial charge in [0.15, 0.2) is 0 Å². The van der Waals surface area contributed by atoms with Crippen LogP contribution < -0.4 is 0 Å². The summed E-state index contributed by atoms with van der Waals surface area (Å²) in [6.45, 7) is 2.66. The average molecular weight is 319 g/mol. The number of nitrogens with zero attached hydrogens (tertiary/aromatic N) is 2. The fraction of sp³-hybridized carbons (Fsp3) is 0.471. The van der Waals surface area contributed by atoms with E-state index in [1.165, 1.54) is 12.1 Å². The molecule has 0 bridgehead atoms. The molecule has 5 nitrogen and oxygen atoms in total. The van der Waals surface area contributed by atoms with Gasteiger partial charge in [0.05, 0.1) is 12.7 Å². The highest BCUT2D eigenvalue weighted by atomic mass is 19.1. The Balaban J connectivity index is 1.70. The Morgan fingerprint density at radius 1 is 1.43 bits per heavy atom. The van der Waals surface area contributed by atoms with Crippen molar-refractivity contribution in [2.24, 2.45) is 0 Å².